The lowest BCUT2D eigenvalue weighted by Crippen LogP contribution is -2.52. The van der Waals surface area contributed by atoms with Gasteiger partial charge in [-0.15, -0.1) is 0 Å². The van der Waals surface area contributed by atoms with Crippen molar-refractivity contribution in [2.45, 2.75) is 39.3 Å². The van der Waals surface area contributed by atoms with Gasteiger partial charge in [0.2, 0.25) is 0 Å². The summed E-state index contributed by atoms with van der Waals surface area (Å²) in [7, 11) is 1.53. The molecule has 162 valence electrons. The standard InChI is InChI=1S/C20H30N2O7/c1-5-29-19(26)17(23)12-22(11-13(2)3)20(27)21-16(18(24)25)10-14-6-8-15(28-4)9-7-14/h6-9,13,16-17,23H,5,10-12H2,1-4H3,(H,21,27)(H,24,25)/t16-,17-/m0/s1. The van der Waals surface area contributed by atoms with Gasteiger partial charge in [-0.3, -0.25) is 0 Å². The molecular formula is C20H30N2O7. The van der Waals surface area contributed by atoms with Crippen LogP contribution >= 0.6 is 0 Å². The van der Waals surface area contributed by atoms with Gasteiger partial charge in [-0.1, -0.05) is 26.0 Å². The molecule has 0 aliphatic carbocycles. The number of aliphatic carboxylic acids is 1. The fourth-order valence-electron chi connectivity index (χ4n) is 2.64. The Hall–Kier alpha value is -2.81. The molecule has 9 nitrogen and oxygen atoms in total. The maximum absolute atomic E-state index is 12.7. The molecule has 2 amide bonds. The highest BCUT2D eigenvalue weighted by molar-refractivity contribution is 5.83. The van der Waals surface area contributed by atoms with Crippen molar-refractivity contribution in [2.75, 3.05) is 26.8 Å². The first-order valence-electron chi connectivity index (χ1n) is 9.43. The van der Waals surface area contributed by atoms with Gasteiger partial charge in [-0.05, 0) is 30.5 Å². The van der Waals surface area contributed by atoms with Gasteiger partial charge < -0.3 is 29.9 Å². The summed E-state index contributed by atoms with van der Waals surface area (Å²) < 4.78 is 9.83. The van der Waals surface area contributed by atoms with Crippen molar-refractivity contribution in [3.8, 4) is 5.75 Å². The summed E-state index contributed by atoms with van der Waals surface area (Å²) in [6.07, 6.45) is -1.44. The highest BCUT2D eigenvalue weighted by Crippen LogP contribution is 2.13. The van der Waals surface area contributed by atoms with Crippen molar-refractivity contribution in [3.63, 3.8) is 0 Å². The van der Waals surface area contributed by atoms with Crippen LogP contribution in [0.4, 0.5) is 4.79 Å². The third kappa shape index (κ3) is 8.39. The zero-order valence-corrected chi connectivity index (χ0v) is 17.3. The summed E-state index contributed by atoms with van der Waals surface area (Å²) in [6.45, 7) is 5.38. The van der Waals surface area contributed by atoms with Gasteiger partial charge in [0.1, 0.15) is 11.8 Å². The van der Waals surface area contributed by atoms with Crippen LogP contribution in [-0.2, 0) is 20.7 Å². The number of carboxylic acid groups (broad SMARTS) is 1. The molecule has 0 saturated carbocycles. The van der Waals surface area contributed by atoms with Crippen LogP contribution < -0.4 is 10.1 Å². The fraction of sp³-hybridized carbons (Fsp3) is 0.550. The van der Waals surface area contributed by atoms with Crippen molar-refractivity contribution < 1.29 is 34.1 Å². The van der Waals surface area contributed by atoms with E-state index in [1.165, 1.54) is 12.0 Å². The van der Waals surface area contributed by atoms with Crippen molar-refractivity contribution in [2.24, 2.45) is 5.92 Å². The number of rotatable bonds is 11. The monoisotopic (exact) mass is 410 g/mol. The first kappa shape index (κ1) is 24.2. The zero-order valence-electron chi connectivity index (χ0n) is 17.3. The van der Waals surface area contributed by atoms with Crippen LogP contribution in [-0.4, -0.2) is 72.0 Å². The van der Waals surface area contributed by atoms with Crippen LogP contribution in [0.1, 0.15) is 26.3 Å². The second-order valence-electron chi connectivity index (χ2n) is 6.96. The molecule has 0 saturated heterocycles. The molecule has 0 aliphatic heterocycles. The number of hydrogen-bond donors (Lipinski definition) is 3. The maximum atomic E-state index is 12.7. The SMILES string of the molecule is CCOC(=O)[C@@H](O)CN(CC(C)C)C(=O)N[C@@H](Cc1ccc(OC)cc1)C(=O)O. The number of aliphatic hydroxyl groups is 1. The Morgan fingerprint density at radius 2 is 1.76 bits per heavy atom. The number of ether oxygens (including phenoxy) is 2. The second kappa shape index (κ2) is 11.9. The van der Waals surface area contributed by atoms with Gasteiger partial charge in [0.05, 0.1) is 20.3 Å². The normalized spacial score (nSPS) is 12.8. The highest BCUT2D eigenvalue weighted by atomic mass is 16.5. The van der Waals surface area contributed by atoms with Crippen LogP contribution in [0.3, 0.4) is 0 Å². The predicted molar refractivity (Wildman–Crippen MR) is 106 cm³/mol. The van der Waals surface area contributed by atoms with Crippen LogP contribution in [0.2, 0.25) is 0 Å². The first-order chi connectivity index (χ1) is 13.7. The van der Waals surface area contributed by atoms with E-state index in [1.807, 2.05) is 13.8 Å². The Bertz CT molecular complexity index is 676. The van der Waals surface area contributed by atoms with Gasteiger partial charge in [-0.25, -0.2) is 14.4 Å². The Balaban J connectivity index is 2.85. The number of methoxy groups -OCH3 is 1. The predicted octanol–water partition coefficient (Wildman–Crippen LogP) is 1.28. The third-order valence-electron chi connectivity index (χ3n) is 4.02. The van der Waals surface area contributed by atoms with Crippen molar-refractivity contribution in [1.82, 2.24) is 10.2 Å². The first-order valence-corrected chi connectivity index (χ1v) is 9.43. The molecule has 0 bridgehead atoms. The Morgan fingerprint density at radius 3 is 2.24 bits per heavy atom. The van der Waals surface area contributed by atoms with Crippen LogP contribution in [0.5, 0.6) is 5.75 Å². The number of carboxylic acids is 1. The maximum Gasteiger partial charge on any atom is 0.336 e. The van der Waals surface area contributed by atoms with Crippen molar-refractivity contribution in [3.05, 3.63) is 29.8 Å². The molecular weight excluding hydrogens is 380 g/mol. The van der Waals surface area contributed by atoms with Gasteiger partial charge in [0.15, 0.2) is 6.10 Å². The molecule has 2 atom stereocenters. The molecule has 0 fully saturated rings. The minimum atomic E-state index is -1.51. The van der Waals surface area contributed by atoms with E-state index in [0.717, 1.165) is 0 Å². The van der Waals surface area contributed by atoms with Crippen LogP contribution in [0, 0.1) is 5.92 Å². The van der Waals surface area contributed by atoms with Crippen molar-refractivity contribution in [1.29, 1.82) is 0 Å². The number of amides is 2. The molecule has 9 heteroatoms. The molecule has 1 aromatic rings. The second-order valence-corrected chi connectivity index (χ2v) is 6.96. The van der Waals surface area contributed by atoms with E-state index in [2.05, 4.69) is 5.32 Å². The number of carbonyl (C=O) groups excluding carboxylic acids is 2. The summed E-state index contributed by atoms with van der Waals surface area (Å²) in [6, 6.07) is 5.00. The molecule has 1 aromatic carbocycles. The van der Waals surface area contributed by atoms with E-state index < -0.39 is 30.1 Å². The molecule has 29 heavy (non-hydrogen) atoms. The lowest BCUT2D eigenvalue weighted by Gasteiger charge is -2.28. The van der Waals surface area contributed by atoms with Gasteiger partial charge in [0.25, 0.3) is 0 Å². The lowest BCUT2D eigenvalue weighted by molar-refractivity contribution is -0.153. The summed E-state index contributed by atoms with van der Waals surface area (Å²) in [4.78, 5) is 37.2. The summed E-state index contributed by atoms with van der Waals surface area (Å²) in [5, 5.41) is 22.0. The molecule has 3 N–H and O–H groups in total. The number of carbonyl (C=O) groups is 3. The van der Waals surface area contributed by atoms with E-state index in [9.17, 15) is 24.6 Å². The molecule has 0 heterocycles. The van der Waals surface area contributed by atoms with Crippen LogP contribution in [0.25, 0.3) is 0 Å². The number of hydrogen-bond acceptors (Lipinski definition) is 6. The fourth-order valence-corrected chi connectivity index (χ4v) is 2.64. The zero-order chi connectivity index (χ0) is 22.0. The minimum absolute atomic E-state index is 0.0417. The molecule has 0 aliphatic rings. The van der Waals surface area contributed by atoms with Gasteiger partial charge in [-0.2, -0.15) is 0 Å². The Kier molecular flexibility index (Phi) is 9.94. The smallest absolute Gasteiger partial charge is 0.336 e. The summed E-state index contributed by atoms with van der Waals surface area (Å²) in [5.41, 5.74) is 0.709. The summed E-state index contributed by atoms with van der Waals surface area (Å²) >= 11 is 0. The largest absolute Gasteiger partial charge is 0.497 e. The van der Waals surface area contributed by atoms with E-state index in [1.54, 1.807) is 31.2 Å². The van der Waals surface area contributed by atoms with Crippen molar-refractivity contribution >= 4 is 18.0 Å². The van der Waals surface area contributed by atoms with Gasteiger partial charge in [0, 0.05) is 13.0 Å². The van der Waals surface area contributed by atoms with E-state index in [0.29, 0.717) is 11.3 Å². The van der Waals surface area contributed by atoms with E-state index in [-0.39, 0.29) is 32.0 Å². The molecule has 0 spiro atoms. The average Bonchev–Trinajstić information content (AvgIpc) is 2.67. The number of nitrogens with zero attached hydrogens (tertiary/aromatic N) is 1. The highest BCUT2D eigenvalue weighted by Gasteiger charge is 2.27. The third-order valence-corrected chi connectivity index (χ3v) is 4.02. The van der Waals surface area contributed by atoms with Crippen LogP contribution in [0.15, 0.2) is 24.3 Å². The number of esters is 1. The number of nitrogens with one attached hydrogen (secondary N) is 1. The lowest BCUT2D eigenvalue weighted by atomic mass is 10.1. The Morgan fingerprint density at radius 1 is 1.14 bits per heavy atom. The topological polar surface area (TPSA) is 125 Å². The molecule has 1 rings (SSSR count). The van der Waals surface area contributed by atoms with E-state index in [4.69, 9.17) is 9.47 Å². The minimum Gasteiger partial charge on any atom is -0.497 e. The number of aliphatic hydroxyl groups excluding tert-OH is 1. The number of urea groups is 1. The quantitative estimate of drug-likeness (QED) is 0.469. The molecule has 0 aromatic heterocycles. The molecule has 0 unspecified atom stereocenters. The Labute approximate surface area is 170 Å². The summed E-state index contributed by atoms with van der Waals surface area (Å²) in [5.74, 6) is -1.34. The molecule has 0 radical (unpaired) electrons. The number of benzene rings is 1. The van der Waals surface area contributed by atoms with E-state index >= 15 is 0 Å². The average molecular weight is 410 g/mol. The van der Waals surface area contributed by atoms with Gasteiger partial charge >= 0.3 is 18.0 Å².